The van der Waals surface area contributed by atoms with Crippen LogP contribution in [-0.4, -0.2) is 42.8 Å². The third-order valence-electron chi connectivity index (χ3n) is 4.35. The van der Waals surface area contributed by atoms with Gasteiger partial charge in [-0.15, -0.1) is 11.6 Å². The zero-order chi connectivity index (χ0) is 22.7. The molecule has 0 aliphatic heterocycles. The molecule has 1 atom stereocenters. The number of hydrogen-bond acceptors (Lipinski definition) is 5. The Hall–Kier alpha value is -2.12. The summed E-state index contributed by atoms with van der Waals surface area (Å²) in [7, 11) is 1.64. The summed E-state index contributed by atoms with van der Waals surface area (Å²) in [5.74, 6) is -0.961. The van der Waals surface area contributed by atoms with E-state index in [1.807, 2.05) is 26.0 Å². The molecule has 2 aromatic carbocycles. The van der Waals surface area contributed by atoms with E-state index >= 15 is 0 Å². The minimum atomic E-state index is -0.851. The maximum Gasteiger partial charge on any atom is 0.374 e. The van der Waals surface area contributed by atoms with Crippen molar-refractivity contribution in [1.82, 2.24) is 0 Å². The van der Waals surface area contributed by atoms with Crippen molar-refractivity contribution in [2.45, 2.75) is 33.2 Å². The summed E-state index contributed by atoms with van der Waals surface area (Å²) in [6, 6.07) is 12.3. The van der Waals surface area contributed by atoms with Gasteiger partial charge in [0.2, 0.25) is 5.91 Å². The number of rotatable bonds is 7. The first-order valence-electron chi connectivity index (χ1n) is 9.37. The van der Waals surface area contributed by atoms with Crippen molar-refractivity contribution >= 4 is 40.8 Å². The van der Waals surface area contributed by atoms with Crippen molar-refractivity contribution in [2.75, 3.05) is 24.5 Å². The fraction of sp³-hybridized carbons (Fsp3) is 0.364. The highest BCUT2D eigenvalue weighted by molar-refractivity contribution is 6.33. The van der Waals surface area contributed by atoms with Crippen LogP contribution in [0.4, 0.5) is 5.69 Å². The molecule has 0 spiro atoms. The molecule has 1 unspecified atom stereocenters. The van der Waals surface area contributed by atoms with Crippen LogP contribution in [0.2, 0.25) is 5.02 Å². The molecule has 8 heteroatoms. The van der Waals surface area contributed by atoms with Gasteiger partial charge in [0.1, 0.15) is 5.88 Å². The van der Waals surface area contributed by atoms with Gasteiger partial charge in [-0.3, -0.25) is 9.68 Å². The second kappa shape index (κ2) is 13.2. The highest BCUT2D eigenvalue weighted by Crippen LogP contribution is 2.28. The Morgan fingerprint density at radius 2 is 1.83 bits per heavy atom. The van der Waals surface area contributed by atoms with Gasteiger partial charge in [0, 0.05) is 7.11 Å². The lowest BCUT2D eigenvalue weighted by Gasteiger charge is -2.31. The van der Waals surface area contributed by atoms with E-state index in [2.05, 4.69) is 17.9 Å². The van der Waals surface area contributed by atoms with Gasteiger partial charge in [-0.25, -0.2) is 4.79 Å². The van der Waals surface area contributed by atoms with Gasteiger partial charge in [-0.2, -0.15) is 5.26 Å². The van der Waals surface area contributed by atoms with E-state index in [-0.39, 0.29) is 28.4 Å². The number of ether oxygens (including phenoxy) is 1. The fourth-order valence-electron chi connectivity index (χ4n) is 3.00. The lowest BCUT2D eigenvalue weighted by Crippen LogP contribution is -2.43. The van der Waals surface area contributed by atoms with Crippen LogP contribution >= 0.6 is 23.2 Å². The van der Waals surface area contributed by atoms with Crippen LogP contribution in [0.1, 0.15) is 35.3 Å². The molecule has 0 bridgehead atoms. The SMILES string of the molecule is CCc1cccc(C)c1N(C(=O)CCl)C(C)COC.O=C(OO)c1ccccc1Cl. The first-order chi connectivity index (χ1) is 14.3. The van der Waals surface area contributed by atoms with Crippen molar-refractivity contribution in [2.24, 2.45) is 0 Å². The molecule has 0 aliphatic rings. The second-order valence-electron chi connectivity index (χ2n) is 6.50. The predicted molar refractivity (Wildman–Crippen MR) is 120 cm³/mol. The monoisotopic (exact) mass is 455 g/mol. The molecule has 0 heterocycles. The Balaban J connectivity index is 0.000000346. The minimum Gasteiger partial charge on any atom is -0.383 e. The number of benzene rings is 2. The molecular formula is C22H27Cl2NO5. The Labute approximate surface area is 187 Å². The van der Waals surface area contributed by atoms with Gasteiger partial charge in [0.15, 0.2) is 0 Å². The average molecular weight is 456 g/mol. The molecule has 0 aromatic heterocycles. The largest absolute Gasteiger partial charge is 0.383 e. The summed E-state index contributed by atoms with van der Waals surface area (Å²) in [6.07, 6.45) is 0.878. The molecule has 1 amide bonds. The molecular weight excluding hydrogens is 429 g/mol. The van der Waals surface area contributed by atoms with Crippen molar-refractivity contribution in [3.8, 4) is 0 Å². The van der Waals surface area contributed by atoms with Crippen LogP contribution in [0.5, 0.6) is 0 Å². The van der Waals surface area contributed by atoms with E-state index in [1.54, 1.807) is 24.1 Å². The number of methoxy groups -OCH3 is 1. The molecule has 0 aliphatic carbocycles. The predicted octanol–water partition coefficient (Wildman–Crippen LogP) is 5.13. The van der Waals surface area contributed by atoms with Crippen LogP contribution in [0.25, 0.3) is 0 Å². The fourth-order valence-corrected chi connectivity index (χ4v) is 3.34. The summed E-state index contributed by atoms with van der Waals surface area (Å²) >= 11 is 11.3. The number of amides is 1. The topological polar surface area (TPSA) is 76.1 Å². The summed E-state index contributed by atoms with van der Waals surface area (Å²) in [5, 5.41) is 8.26. The van der Waals surface area contributed by atoms with Gasteiger partial charge in [-0.1, -0.05) is 48.9 Å². The number of anilines is 1. The Bertz CT molecular complexity index is 844. The summed E-state index contributed by atoms with van der Waals surface area (Å²) in [5.41, 5.74) is 3.36. The van der Waals surface area contributed by atoms with Crippen LogP contribution in [0.3, 0.4) is 0 Å². The third-order valence-corrected chi connectivity index (χ3v) is 4.91. The first kappa shape index (κ1) is 25.9. The third kappa shape index (κ3) is 6.99. The van der Waals surface area contributed by atoms with Crippen LogP contribution in [-0.2, 0) is 20.8 Å². The van der Waals surface area contributed by atoms with Crippen molar-refractivity contribution in [1.29, 1.82) is 0 Å². The van der Waals surface area contributed by atoms with Crippen molar-refractivity contribution in [3.05, 3.63) is 64.2 Å². The maximum absolute atomic E-state index is 12.2. The lowest BCUT2D eigenvalue weighted by molar-refractivity contribution is -0.182. The smallest absolute Gasteiger partial charge is 0.374 e. The van der Waals surface area contributed by atoms with Gasteiger partial charge < -0.3 is 9.64 Å². The zero-order valence-corrected chi connectivity index (χ0v) is 19.0. The molecule has 0 saturated heterocycles. The summed E-state index contributed by atoms with van der Waals surface area (Å²) < 4.78 is 5.18. The van der Waals surface area contributed by atoms with E-state index in [0.29, 0.717) is 6.61 Å². The van der Waals surface area contributed by atoms with E-state index in [9.17, 15) is 9.59 Å². The molecule has 0 fully saturated rings. The second-order valence-corrected chi connectivity index (χ2v) is 7.17. The highest BCUT2D eigenvalue weighted by atomic mass is 35.5. The Morgan fingerprint density at radius 3 is 2.37 bits per heavy atom. The molecule has 0 radical (unpaired) electrons. The normalized spacial score (nSPS) is 11.2. The van der Waals surface area contributed by atoms with Crippen molar-refractivity contribution < 1.29 is 24.5 Å². The lowest BCUT2D eigenvalue weighted by atomic mass is 10.0. The quantitative estimate of drug-likeness (QED) is 0.355. The van der Waals surface area contributed by atoms with Crippen LogP contribution < -0.4 is 4.90 Å². The maximum atomic E-state index is 12.2. The number of halogens is 2. The van der Waals surface area contributed by atoms with E-state index in [1.165, 1.54) is 12.1 Å². The van der Waals surface area contributed by atoms with E-state index in [4.69, 9.17) is 33.2 Å². The molecule has 1 N–H and O–H groups in total. The zero-order valence-electron chi connectivity index (χ0n) is 17.5. The number of nitrogens with zero attached hydrogens (tertiary/aromatic N) is 1. The molecule has 164 valence electrons. The average Bonchev–Trinajstić information content (AvgIpc) is 2.75. The number of aryl methyl sites for hydroxylation is 2. The summed E-state index contributed by atoms with van der Waals surface area (Å²) in [4.78, 5) is 28.1. The number of alkyl halides is 1. The van der Waals surface area contributed by atoms with Crippen molar-refractivity contribution in [3.63, 3.8) is 0 Å². The molecule has 2 aromatic rings. The Kier molecular flexibility index (Phi) is 11.4. The number of carbonyl (C=O) groups excluding carboxylic acids is 2. The molecule has 6 nitrogen and oxygen atoms in total. The standard InChI is InChI=1S/C15H22ClNO2.C7H5ClO3/c1-5-13-8-6-7-11(2)15(13)17(14(18)9-16)12(3)10-19-4;8-6-4-2-1-3-5(6)7(9)11-10/h6-8,12H,5,9-10H2,1-4H3;1-4,10H. The van der Waals surface area contributed by atoms with Gasteiger partial charge >= 0.3 is 5.97 Å². The molecule has 30 heavy (non-hydrogen) atoms. The van der Waals surface area contributed by atoms with E-state index < -0.39 is 5.97 Å². The number of hydrogen-bond donors (Lipinski definition) is 1. The number of para-hydroxylation sites is 1. The van der Waals surface area contributed by atoms with Gasteiger partial charge in [0.05, 0.1) is 28.9 Å². The highest BCUT2D eigenvalue weighted by Gasteiger charge is 2.24. The van der Waals surface area contributed by atoms with Crippen LogP contribution in [0.15, 0.2) is 42.5 Å². The van der Waals surface area contributed by atoms with Gasteiger partial charge in [-0.05, 0) is 43.5 Å². The Morgan fingerprint density at radius 1 is 1.17 bits per heavy atom. The minimum absolute atomic E-state index is 0.0223. The summed E-state index contributed by atoms with van der Waals surface area (Å²) in [6.45, 7) is 6.56. The van der Waals surface area contributed by atoms with Gasteiger partial charge in [0.25, 0.3) is 0 Å². The first-order valence-corrected chi connectivity index (χ1v) is 10.3. The molecule has 2 rings (SSSR count). The van der Waals surface area contributed by atoms with Crippen LogP contribution in [0, 0.1) is 6.92 Å². The van der Waals surface area contributed by atoms with E-state index in [0.717, 1.165) is 23.2 Å². The number of carbonyl (C=O) groups is 2. The molecule has 0 saturated carbocycles.